The lowest BCUT2D eigenvalue weighted by Crippen LogP contribution is -2.09. The molecule has 1 fully saturated rings. The zero-order valence-corrected chi connectivity index (χ0v) is 9.26. The Kier molecular flexibility index (Phi) is 2.62. The third-order valence-corrected chi connectivity index (χ3v) is 2.93. The van der Waals surface area contributed by atoms with Gasteiger partial charge in [-0.25, -0.2) is 8.78 Å². The number of aliphatic hydroxyl groups is 1. The van der Waals surface area contributed by atoms with E-state index in [-0.39, 0.29) is 11.3 Å². The van der Waals surface area contributed by atoms with Crippen LogP contribution in [0.2, 0.25) is 0 Å². The Morgan fingerprint density at radius 1 is 1.38 bits per heavy atom. The van der Waals surface area contributed by atoms with Crippen LogP contribution < -0.4 is 4.74 Å². The Bertz CT molecular complexity index is 412. The summed E-state index contributed by atoms with van der Waals surface area (Å²) in [5, 5.41) is 10.0. The third kappa shape index (κ3) is 1.78. The van der Waals surface area contributed by atoms with Crippen molar-refractivity contribution in [2.75, 3.05) is 7.11 Å². The van der Waals surface area contributed by atoms with Gasteiger partial charge < -0.3 is 9.84 Å². The van der Waals surface area contributed by atoms with E-state index < -0.39 is 12.0 Å². The van der Waals surface area contributed by atoms with Crippen molar-refractivity contribution < 1.29 is 18.6 Å². The Hall–Kier alpha value is -1.16. The average molecular weight is 228 g/mol. The number of methoxy groups -OCH3 is 1. The molecule has 2 nitrogen and oxygen atoms in total. The van der Waals surface area contributed by atoms with Crippen molar-refractivity contribution in [1.29, 1.82) is 0 Å². The number of benzene rings is 1. The first-order valence-electron chi connectivity index (χ1n) is 5.17. The van der Waals surface area contributed by atoms with Crippen LogP contribution in [-0.4, -0.2) is 12.2 Å². The molecular formula is C12H14F2O2. The first-order valence-corrected chi connectivity index (χ1v) is 5.17. The molecule has 1 aromatic carbocycles. The molecule has 0 radical (unpaired) electrons. The summed E-state index contributed by atoms with van der Waals surface area (Å²) in [6.07, 6.45) is -1.37. The summed E-state index contributed by atoms with van der Waals surface area (Å²) < 4.78 is 30.7. The van der Waals surface area contributed by atoms with E-state index in [1.165, 1.54) is 13.2 Å². The normalized spacial score (nSPS) is 17.6. The minimum atomic E-state index is -2.59. The highest BCUT2D eigenvalue weighted by molar-refractivity contribution is 5.49. The van der Waals surface area contributed by atoms with Crippen LogP contribution in [0, 0.1) is 6.92 Å². The van der Waals surface area contributed by atoms with E-state index in [0.29, 0.717) is 24.0 Å². The molecule has 0 amide bonds. The molecule has 0 aliphatic heterocycles. The van der Waals surface area contributed by atoms with E-state index >= 15 is 0 Å². The average Bonchev–Trinajstić information content (AvgIpc) is 2.96. The molecule has 0 saturated heterocycles. The fourth-order valence-electron chi connectivity index (χ4n) is 1.92. The van der Waals surface area contributed by atoms with Gasteiger partial charge in [0.25, 0.3) is 6.43 Å². The third-order valence-electron chi connectivity index (χ3n) is 2.93. The van der Waals surface area contributed by atoms with Gasteiger partial charge in [0.05, 0.1) is 18.3 Å². The fourth-order valence-corrected chi connectivity index (χ4v) is 1.92. The second-order valence-corrected chi connectivity index (χ2v) is 4.27. The summed E-state index contributed by atoms with van der Waals surface area (Å²) >= 11 is 0. The van der Waals surface area contributed by atoms with Crippen LogP contribution in [0.4, 0.5) is 8.78 Å². The number of aryl methyl sites for hydroxylation is 1. The van der Waals surface area contributed by atoms with Gasteiger partial charge >= 0.3 is 0 Å². The SMILES string of the molecule is COc1c(C(F)F)cc(C)cc1C1(O)CC1. The maximum Gasteiger partial charge on any atom is 0.267 e. The van der Waals surface area contributed by atoms with Crippen molar-refractivity contribution in [3.63, 3.8) is 0 Å². The van der Waals surface area contributed by atoms with E-state index in [9.17, 15) is 13.9 Å². The molecule has 0 heterocycles. The van der Waals surface area contributed by atoms with Crippen LogP contribution in [0.15, 0.2) is 12.1 Å². The van der Waals surface area contributed by atoms with Crippen LogP contribution in [0.3, 0.4) is 0 Å². The molecule has 0 spiro atoms. The van der Waals surface area contributed by atoms with Gasteiger partial charge in [-0.15, -0.1) is 0 Å². The van der Waals surface area contributed by atoms with Crippen LogP contribution in [0.1, 0.15) is 36.0 Å². The van der Waals surface area contributed by atoms with Gasteiger partial charge in [-0.2, -0.15) is 0 Å². The zero-order valence-electron chi connectivity index (χ0n) is 9.26. The van der Waals surface area contributed by atoms with E-state index in [0.717, 1.165) is 0 Å². The predicted molar refractivity (Wildman–Crippen MR) is 55.8 cm³/mol. The van der Waals surface area contributed by atoms with Gasteiger partial charge in [0.15, 0.2) is 0 Å². The van der Waals surface area contributed by atoms with Crippen molar-refractivity contribution in [2.45, 2.75) is 31.8 Å². The molecule has 1 saturated carbocycles. The van der Waals surface area contributed by atoms with Crippen LogP contribution in [0.5, 0.6) is 5.75 Å². The molecule has 1 N–H and O–H groups in total. The lowest BCUT2D eigenvalue weighted by atomic mass is 9.99. The van der Waals surface area contributed by atoms with Gasteiger partial charge in [-0.1, -0.05) is 0 Å². The number of hydrogen-bond donors (Lipinski definition) is 1. The molecule has 1 aliphatic rings. The topological polar surface area (TPSA) is 29.5 Å². The quantitative estimate of drug-likeness (QED) is 0.861. The largest absolute Gasteiger partial charge is 0.496 e. The molecular weight excluding hydrogens is 214 g/mol. The maximum atomic E-state index is 12.8. The molecule has 16 heavy (non-hydrogen) atoms. The van der Waals surface area contributed by atoms with Crippen molar-refractivity contribution in [2.24, 2.45) is 0 Å². The second-order valence-electron chi connectivity index (χ2n) is 4.27. The smallest absolute Gasteiger partial charge is 0.267 e. The minimum absolute atomic E-state index is 0.126. The summed E-state index contributed by atoms with van der Waals surface area (Å²) in [6.45, 7) is 1.74. The fraction of sp³-hybridized carbons (Fsp3) is 0.500. The van der Waals surface area contributed by atoms with Crippen LogP contribution in [0.25, 0.3) is 0 Å². The number of hydrogen-bond acceptors (Lipinski definition) is 2. The highest BCUT2D eigenvalue weighted by atomic mass is 19.3. The number of halogens is 2. The molecule has 0 aromatic heterocycles. The van der Waals surface area contributed by atoms with Crippen LogP contribution in [-0.2, 0) is 5.60 Å². The molecule has 0 atom stereocenters. The molecule has 2 rings (SSSR count). The molecule has 0 unspecified atom stereocenters. The lowest BCUT2D eigenvalue weighted by molar-refractivity contribution is 0.136. The summed E-state index contributed by atoms with van der Waals surface area (Å²) in [4.78, 5) is 0. The van der Waals surface area contributed by atoms with E-state index in [4.69, 9.17) is 4.74 Å². The summed E-state index contributed by atoms with van der Waals surface area (Å²) in [6, 6.07) is 3.12. The molecule has 88 valence electrons. The van der Waals surface area contributed by atoms with Crippen LogP contribution >= 0.6 is 0 Å². The molecule has 1 aliphatic carbocycles. The van der Waals surface area contributed by atoms with Crippen molar-refractivity contribution in [3.05, 3.63) is 28.8 Å². The Labute approximate surface area is 92.9 Å². The van der Waals surface area contributed by atoms with Gasteiger partial charge in [0, 0.05) is 5.56 Å². The first-order chi connectivity index (χ1) is 7.48. The summed E-state index contributed by atoms with van der Waals surface area (Å²) in [5.41, 5.74) is 0.107. The molecule has 1 aromatic rings. The van der Waals surface area contributed by atoms with Gasteiger partial charge in [0.1, 0.15) is 5.75 Å². The molecule has 0 bridgehead atoms. The van der Waals surface area contributed by atoms with Crippen molar-refractivity contribution in [3.8, 4) is 5.75 Å². The Morgan fingerprint density at radius 2 is 2.00 bits per heavy atom. The van der Waals surface area contributed by atoms with Gasteiger partial charge in [0.2, 0.25) is 0 Å². The maximum absolute atomic E-state index is 12.8. The monoisotopic (exact) mass is 228 g/mol. The highest BCUT2D eigenvalue weighted by Crippen LogP contribution is 2.50. The predicted octanol–water partition coefficient (Wildman–Crippen LogP) is 2.92. The highest BCUT2D eigenvalue weighted by Gasteiger charge is 2.45. The van der Waals surface area contributed by atoms with E-state index in [1.54, 1.807) is 13.0 Å². The van der Waals surface area contributed by atoms with E-state index in [1.807, 2.05) is 0 Å². The standard InChI is InChI=1S/C12H14F2O2/c1-7-5-8(11(13)14)10(16-2)9(6-7)12(15)3-4-12/h5-6,11,15H,3-4H2,1-2H3. The number of rotatable bonds is 3. The van der Waals surface area contributed by atoms with Crippen molar-refractivity contribution in [1.82, 2.24) is 0 Å². The summed E-state index contributed by atoms with van der Waals surface area (Å²) in [5.74, 6) is 0.126. The van der Waals surface area contributed by atoms with Gasteiger partial charge in [-0.3, -0.25) is 0 Å². The van der Waals surface area contributed by atoms with Crippen molar-refractivity contribution >= 4 is 0 Å². The van der Waals surface area contributed by atoms with Gasteiger partial charge in [-0.05, 0) is 37.5 Å². The summed E-state index contributed by atoms with van der Waals surface area (Å²) in [7, 11) is 1.35. The lowest BCUT2D eigenvalue weighted by Gasteiger charge is -2.18. The minimum Gasteiger partial charge on any atom is -0.496 e. The first kappa shape index (κ1) is 11.3. The Morgan fingerprint density at radius 3 is 2.44 bits per heavy atom. The molecule has 4 heteroatoms. The van der Waals surface area contributed by atoms with E-state index in [2.05, 4.69) is 0 Å². The Balaban J connectivity index is 2.59. The number of ether oxygens (including phenoxy) is 1. The number of alkyl halides is 2. The second kappa shape index (κ2) is 3.70. The zero-order chi connectivity index (χ0) is 11.9.